The van der Waals surface area contributed by atoms with Gasteiger partial charge in [-0.05, 0) is 35.9 Å². The van der Waals surface area contributed by atoms with Crippen LogP contribution in [-0.4, -0.2) is 5.97 Å². The van der Waals surface area contributed by atoms with Gasteiger partial charge in [-0.1, -0.05) is 12.1 Å². The molecular weight excluding hydrogens is 285 g/mol. The van der Waals surface area contributed by atoms with E-state index in [0.29, 0.717) is 5.76 Å². The number of esters is 1. The van der Waals surface area contributed by atoms with Gasteiger partial charge in [0.25, 0.3) is 0 Å². The highest BCUT2D eigenvalue weighted by Gasteiger charge is 2.30. The van der Waals surface area contributed by atoms with E-state index in [-0.39, 0.29) is 12.2 Å². The maximum absolute atomic E-state index is 12.5. The summed E-state index contributed by atoms with van der Waals surface area (Å²) in [5, 5.41) is 0. The molecule has 2 aromatic rings. The molecule has 3 nitrogen and oxygen atoms in total. The number of carbonyl (C=O) groups excluding carboxylic acids is 1. The van der Waals surface area contributed by atoms with E-state index in [0.717, 1.165) is 18.2 Å². The lowest BCUT2D eigenvalue weighted by molar-refractivity contribution is -0.138. The van der Waals surface area contributed by atoms with Crippen molar-refractivity contribution >= 4 is 12.0 Å². The van der Waals surface area contributed by atoms with Gasteiger partial charge in [0.1, 0.15) is 12.4 Å². The summed E-state index contributed by atoms with van der Waals surface area (Å²) in [7, 11) is 0. The molecule has 2 rings (SSSR count). The highest BCUT2D eigenvalue weighted by atomic mass is 19.4. The van der Waals surface area contributed by atoms with Gasteiger partial charge in [0.2, 0.25) is 0 Å². The first kappa shape index (κ1) is 14.9. The fraction of sp³-hybridized carbons (Fsp3) is 0.133. The zero-order valence-corrected chi connectivity index (χ0v) is 10.8. The van der Waals surface area contributed by atoms with Gasteiger partial charge in [-0.3, -0.25) is 0 Å². The molecule has 0 bridgehead atoms. The van der Waals surface area contributed by atoms with E-state index in [1.807, 2.05) is 0 Å². The van der Waals surface area contributed by atoms with Crippen molar-refractivity contribution in [3.63, 3.8) is 0 Å². The van der Waals surface area contributed by atoms with Gasteiger partial charge >= 0.3 is 12.1 Å². The SMILES string of the molecule is O=C(C=Cc1ccco1)OCc1cccc(C(F)(F)F)c1. The van der Waals surface area contributed by atoms with Gasteiger partial charge in [0, 0.05) is 6.08 Å². The maximum atomic E-state index is 12.5. The Balaban J connectivity index is 1.92. The van der Waals surface area contributed by atoms with Crippen LogP contribution < -0.4 is 0 Å². The molecule has 1 aromatic heterocycles. The summed E-state index contributed by atoms with van der Waals surface area (Å²) in [6.45, 7) is -0.231. The van der Waals surface area contributed by atoms with Crippen molar-refractivity contribution in [2.45, 2.75) is 12.8 Å². The topological polar surface area (TPSA) is 39.4 Å². The summed E-state index contributed by atoms with van der Waals surface area (Å²) in [6, 6.07) is 7.94. The molecule has 0 saturated heterocycles. The zero-order chi connectivity index (χ0) is 15.3. The number of rotatable bonds is 4. The van der Waals surface area contributed by atoms with Crippen molar-refractivity contribution in [1.82, 2.24) is 0 Å². The Kier molecular flexibility index (Phi) is 4.47. The average Bonchev–Trinajstić information content (AvgIpc) is 2.95. The second kappa shape index (κ2) is 6.30. The number of furan rings is 1. The van der Waals surface area contributed by atoms with Gasteiger partial charge in [-0.15, -0.1) is 0 Å². The third kappa shape index (κ3) is 4.52. The van der Waals surface area contributed by atoms with Gasteiger partial charge in [-0.2, -0.15) is 13.2 Å². The minimum absolute atomic E-state index is 0.231. The van der Waals surface area contributed by atoms with E-state index in [1.54, 1.807) is 12.1 Å². The van der Waals surface area contributed by atoms with Gasteiger partial charge in [0.05, 0.1) is 11.8 Å². The van der Waals surface area contributed by atoms with Crippen LogP contribution in [0, 0.1) is 0 Å². The minimum Gasteiger partial charge on any atom is -0.465 e. The number of hydrogen-bond donors (Lipinski definition) is 0. The van der Waals surface area contributed by atoms with Crippen molar-refractivity contribution in [3.8, 4) is 0 Å². The molecule has 0 aliphatic rings. The first-order valence-corrected chi connectivity index (χ1v) is 5.99. The van der Waals surface area contributed by atoms with Crippen LogP contribution >= 0.6 is 0 Å². The standard InChI is InChI=1S/C15H11F3O3/c16-15(17,18)12-4-1-3-11(9-12)10-21-14(19)7-6-13-5-2-8-20-13/h1-9H,10H2. The predicted octanol–water partition coefficient (Wildman–Crippen LogP) is 4.06. The Morgan fingerprint density at radius 1 is 1.24 bits per heavy atom. The summed E-state index contributed by atoms with van der Waals surface area (Å²) < 4.78 is 47.4. The molecule has 0 unspecified atom stereocenters. The molecule has 0 atom stereocenters. The van der Waals surface area contributed by atoms with Crippen LogP contribution in [0.5, 0.6) is 0 Å². The lowest BCUT2D eigenvalue weighted by Gasteiger charge is -2.08. The van der Waals surface area contributed by atoms with Gasteiger partial charge < -0.3 is 9.15 Å². The van der Waals surface area contributed by atoms with E-state index >= 15 is 0 Å². The van der Waals surface area contributed by atoms with Crippen LogP contribution in [0.3, 0.4) is 0 Å². The van der Waals surface area contributed by atoms with Crippen molar-refractivity contribution in [3.05, 3.63) is 65.6 Å². The van der Waals surface area contributed by atoms with Gasteiger partial charge in [-0.25, -0.2) is 4.79 Å². The molecule has 6 heteroatoms. The number of alkyl halides is 3. The molecular formula is C15H11F3O3. The highest BCUT2D eigenvalue weighted by molar-refractivity contribution is 5.86. The van der Waals surface area contributed by atoms with E-state index in [2.05, 4.69) is 0 Å². The fourth-order valence-electron chi connectivity index (χ4n) is 1.58. The molecule has 1 heterocycles. The van der Waals surface area contributed by atoms with Crippen LogP contribution in [-0.2, 0) is 22.3 Å². The molecule has 0 aliphatic heterocycles. The third-order valence-electron chi connectivity index (χ3n) is 2.56. The highest BCUT2D eigenvalue weighted by Crippen LogP contribution is 2.29. The van der Waals surface area contributed by atoms with E-state index in [1.165, 1.54) is 24.5 Å². The summed E-state index contributed by atoms with van der Waals surface area (Å²) in [6.07, 6.45) is -0.409. The summed E-state index contributed by atoms with van der Waals surface area (Å²) >= 11 is 0. The molecule has 0 amide bonds. The minimum atomic E-state index is -4.42. The second-order valence-electron chi connectivity index (χ2n) is 4.15. The molecule has 0 fully saturated rings. The smallest absolute Gasteiger partial charge is 0.416 e. The zero-order valence-electron chi connectivity index (χ0n) is 10.8. The van der Waals surface area contributed by atoms with Crippen LogP contribution in [0.2, 0.25) is 0 Å². The Bertz CT molecular complexity index is 628. The van der Waals surface area contributed by atoms with Crippen LogP contribution in [0.4, 0.5) is 13.2 Å². The fourth-order valence-corrected chi connectivity index (χ4v) is 1.58. The second-order valence-corrected chi connectivity index (χ2v) is 4.15. The van der Waals surface area contributed by atoms with Crippen LogP contribution in [0.1, 0.15) is 16.9 Å². The first-order chi connectivity index (χ1) is 9.95. The maximum Gasteiger partial charge on any atom is 0.416 e. The molecule has 0 N–H and O–H groups in total. The monoisotopic (exact) mass is 296 g/mol. The lowest BCUT2D eigenvalue weighted by atomic mass is 10.1. The van der Waals surface area contributed by atoms with Crippen molar-refractivity contribution in [2.75, 3.05) is 0 Å². The molecule has 21 heavy (non-hydrogen) atoms. The molecule has 0 radical (unpaired) electrons. The van der Waals surface area contributed by atoms with Crippen molar-refractivity contribution in [1.29, 1.82) is 0 Å². The first-order valence-electron chi connectivity index (χ1n) is 5.99. The van der Waals surface area contributed by atoms with Gasteiger partial charge in [0.15, 0.2) is 0 Å². The van der Waals surface area contributed by atoms with Crippen molar-refractivity contribution in [2.24, 2.45) is 0 Å². The number of halogens is 3. The average molecular weight is 296 g/mol. The number of benzene rings is 1. The molecule has 0 spiro atoms. The van der Waals surface area contributed by atoms with E-state index < -0.39 is 17.7 Å². The number of carbonyl (C=O) groups is 1. The Hall–Kier alpha value is -2.50. The number of hydrogen-bond acceptors (Lipinski definition) is 3. The van der Waals surface area contributed by atoms with E-state index in [9.17, 15) is 18.0 Å². The Morgan fingerprint density at radius 3 is 2.71 bits per heavy atom. The number of ether oxygens (including phenoxy) is 1. The predicted molar refractivity (Wildman–Crippen MR) is 69.0 cm³/mol. The van der Waals surface area contributed by atoms with Crippen molar-refractivity contribution < 1.29 is 27.1 Å². The van der Waals surface area contributed by atoms with E-state index in [4.69, 9.17) is 9.15 Å². The normalized spacial score (nSPS) is 11.8. The molecule has 110 valence electrons. The Morgan fingerprint density at radius 2 is 2.05 bits per heavy atom. The lowest BCUT2D eigenvalue weighted by Crippen LogP contribution is -2.06. The quantitative estimate of drug-likeness (QED) is 0.631. The molecule has 0 saturated carbocycles. The summed E-state index contributed by atoms with van der Waals surface area (Å²) in [4.78, 5) is 11.4. The molecule has 0 aliphatic carbocycles. The largest absolute Gasteiger partial charge is 0.465 e. The Labute approximate surface area is 118 Å². The summed E-state index contributed by atoms with van der Waals surface area (Å²) in [5.41, 5.74) is -0.508. The third-order valence-corrected chi connectivity index (χ3v) is 2.56. The summed E-state index contributed by atoms with van der Waals surface area (Å²) in [5.74, 6) is -0.185. The molecule has 1 aromatic carbocycles. The van der Waals surface area contributed by atoms with Crippen LogP contribution in [0.15, 0.2) is 53.2 Å². The van der Waals surface area contributed by atoms with Crippen LogP contribution in [0.25, 0.3) is 6.08 Å².